The maximum absolute atomic E-state index is 13.0. The highest BCUT2D eigenvalue weighted by molar-refractivity contribution is 9.10. The van der Waals surface area contributed by atoms with Crippen LogP contribution in [0.4, 0.5) is 4.39 Å². The summed E-state index contributed by atoms with van der Waals surface area (Å²) in [6.45, 7) is 1.75. The molecule has 0 bridgehead atoms. The van der Waals surface area contributed by atoms with Crippen molar-refractivity contribution in [3.8, 4) is 5.75 Å². The number of methoxy groups -OCH3 is 1. The molecule has 1 unspecified atom stereocenters. The van der Waals surface area contributed by atoms with E-state index in [1.54, 1.807) is 25.1 Å². The maximum atomic E-state index is 13.0. The summed E-state index contributed by atoms with van der Waals surface area (Å²) in [4.78, 5) is 0.154. The maximum Gasteiger partial charge on any atom is 0.243 e. The van der Waals surface area contributed by atoms with Gasteiger partial charge in [0.2, 0.25) is 10.0 Å². The van der Waals surface area contributed by atoms with Crippen LogP contribution in [0.3, 0.4) is 0 Å². The minimum atomic E-state index is -3.69. The summed E-state index contributed by atoms with van der Waals surface area (Å²) in [7, 11) is -0.678. The number of hydrogen-bond donors (Lipinski definition) is 0. The lowest BCUT2D eigenvalue weighted by atomic mass is 10.1. The molecule has 0 amide bonds. The molecule has 0 heterocycles. The first-order valence-corrected chi connectivity index (χ1v) is 9.07. The predicted octanol–water partition coefficient (Wildman–Crippen LogP) is 3.98. The van der Waals surface area contributed by atoms with Gasteiger partial charge in [-0.1, -0.05) is 12.1 Å². The van der Waals surface area contributed by atoms with Crippen molar-refractivity contribution < 1.29 is 17.5 Å². The molecule has 0 aliphatic carbocycles. The van der Waals surface area contributed by atoms with E-state index in [0.29, 0.717) is 15.8 Å². The standard InChI is InChI=1S/C16H17BrFNO3S/c1-11(12-4-6-13(18)7-5-12)19(2)23(20,21)14-8-9-16(22-3)15(17)10-14/h4-11H,1-3H3. The average Bonchev–Trinajstić information content (AvgIpc) is 2.54. The summed E-state index contributed by atoms with van der Waals surface area (Å²) >= 11 is 3.29. The number of halogens is 2. The molecular formula is C16H17BrFNO3S. The number of benzene rings is 2. The zero-order chi connectivity index (χ0) is 17.2. The van der Waals surface area contributed by atoms with Crippen LogP contribution < -0.4 is 4.74 Å². The Balaban J connectivity index is 2.34. The number of hydrogen-bond acceptors (Lipinski definition) is 3. The van der Waals surface area contributed by atoms with Crippen LogP contribution in [-0.2, 0) is 10.0 Å². The fourth-order valence-electron chi connectivity index (χ4n) is 2.13. The minimum absolute atomic E-state index is 0.154. The van der Waals surface area contributed by atoms with E-state index in [4.69, 9.17) is 4.74 Å². The van der Waals surface area contributed by atoms with E-state index < -0.39 is 16.1 Å². The molecule has 0 N–H and O–H groups in total. The van der Waals surface area contributed by atoms with Crippen LogP contribution in [0.5, 0.6) is 5.75 Å². The average molecular weight is 402 g/mol. The predicted molar refractivity (Wildman–Crippen MR) is 90.5 cm³/mol. The Hall–Kier alpha value is -1.44. The Morgan fingerprint density at radius 3 is 2.30 bits per heavy atom. The van der Waals surface area contributed by atoms with E-state index in [0.717, 1.165) is 0 Å². The molecule has 0 saturated carbocycles. The van der Waals surface area contributed by atoms with Crippen LogP contribution in [0.1, 0.15) is 18.5 Å². The third-order valence-corrected chi connectivity index (χ3v) is 6.24. The lowest BCUT2D eigenvalue weighted by Gasteiger charge is -2.25. The van der Waals surface area contributed by atoms with Crippen molar-refractivity contribution in [1.29, 1.82) is 0 Å². The van der Waals surface area contributed by atoms with Crippen molar-refractivity contribution >= 4 is 26.0 Å². The smallest absolute Gasteiger partial charge is 0.243 e. The SMILES string of the molecule is COc1ccc(S(=O)(=O)N(C)C(C)c2ccc(F)cc2)cc1Br. The van der Waals surface area contributed by atoms with E-state index >= 15 is 0 Å². The zero-order valence-electron chi connectivity index (χ0n) is 13.0. The van der Waals surface area contributed by atoms with E-state index in [1.165, 1.54) is 42.7 Å². The van der Waals surface area contributed by atoms with Crippen LogP contribution in [-0.4, -0.2) is 26.9 Å². The molecule has 2 aromatic carbocycles. The Morgan fingerprint density at radius 2 is 1.78 bits per heavy atom. The Bertz CT molecular complexity index is 793. The number of rotatable bonds is 5. The molecule has 0 saturated heterocycles. The number of ether oxygens (including phenoxy) is 1. The second-order valence-electron chi connectivity index (χ2n) is 5.05. The van der Waals surface area contributed by atoms with Gasteiger partial charge in [0.05, 0.1) is 16.5 Å². The lowest BCUT2D eigenvalue weighted by Crippen LogP contribution is -2.29. The topological polar surface area (TPSA) is 46.6 Å². The summed E-state index contributed by atoms with van der Waals surface area (Å²) < 4.78 is 45.5. The first-order valence-electron chi connectivity index (χ1n) is 6.84. The van der Waals surface area contributed by atoms with Gasteiger partial charge in [0.1, 0.15) is 11.6 Å². The van der Waals surface area contributed by atoms with Crippen LogP contribution in [0, 0.1) is 5.82 Å². The van der Waals surface area contributed by atoms with Gasteiger partial charge in [0.25, 0.3) is 0 Å². The monoisotopic (exact) mass is 401 g/mol. The van der Waals surface area contributed by atoms with Crippen LogP contribution >= 0.6 is 15.9 Å². The first kappa shape index (κ1) is 17.9. The molecule has 0 aliphatic rings. The van der Waals surface area contributed by atoms with Gasteiger partial charge in [0.15, 0.2) is 0 Å². The van der Waals surface area contributed by atoms with Gasteiger partial charge >= 0.3 is 0 Å². The molecule has 0 aliphatic heterocycles. The summed E-state index contributed by atoms with van der Waals surface area (Å²) in [5, 5.41) is 0. The normalized spacial score (nSPS) is 13.1. The zero-order valence-corrected chi connectivity index (χ0v) is 15.4. The van der Waals surface area contributed by atoms with Gasteiger partial charge in [0, 0.05) is 13.1 Å². The van der Waals surface area contributed by atoms with E-state index in [-0.39, 0.29) is 10.7 Å². The molecule has 0 fully saturated rings. The van der Waals surface area contributed by atoms with E-state index in [2.05, 4.69) is 15.9 Å². The first-order chi connectivity index (χ1) is 10.8. The lowest BCUT2D eigenvalue weighted by molar-refractivity contribution is 0.397. The van der Waals surface area contributed by atoms with E-state index in [9.17, 15) is 12.8 Å². The van der Waals surface area contributed by atoms with Crippen LogP contribution in [0.2, 0.25) is 0 Å². The molecule has 4 nitrogen and oxygen atoms in total. The Kier molecular flexibility index (Phi) is 5.44. The van der Waals surface area contributed by atoms with Crippen molar-refractivity contribution in [2.45, 2.75) is 17.9 Å². The van der Waals surface area contributed by atoms with Gasteiger partial charge in [-0.3, -0.25) is 0 Å². The van der Waals surface area contributed by atoms with E-state index in [1.807, 2.05) is 0 Å². The molecule has 2 aromatic rings. The van der Waals surface area contributed by atoms with Gasteiger partial charge < -0.3 is 4.74 Å². The van der Waals surface area contributed by atoms with Gasteiger partial charge in [-0.05, 0) is 58.7 Å². The van der Waals surface area contributed by atoms with Crippen LogP contribution in [0.25, 0.3) is 0 Å². The van der Waals surface area contributed by atoms with Gasteiger partial charge in [-0.25, -0.2) is 12.8 Å². The number of nitrogens with zero attached hydrogens (tertiary/aromatic N) is 1. The van der Waals surface area contributed by atoms with Crippen molar-refractivity contribution in [3.05, 3.63) is 58.3 Å². The molecule has 0 aromatic heterocycles. The molecule has 124 valence electrons. The van der Waals surface area contributed by atoms with Gasteiger partial charge in [-0.15, -0.1) is 0 Å². The molecular weight excluding hydrogens is 385 g/mol. The largest absolute Gasteiger partial charge is 0.496 e. The van der Waals surface area contributed by atoms with Crippen molar-refractivity contribution in [2.75, 3.05) is 14.2 Å². The third-order valence-electron chi connectivity index (χ3n) is 3.70. The fourth-order valence-corrected chi connectivity index (χ4v) is 4.20. The van der Waals surface area contributed by atoms with Crippen molar-refractivity contribution in [2.24, 2.45) is 0 Å². The van der Waals surface area contributed by atoms with Crippen molar-refractivity contribution in [3.63, 3.8) is 0 Å². The van der Waals surface area contributed by atoms with Crippen LogP contribution in [0.15, 0.2) is 51.8 Å². The highest BCUT2D eigenvalue weighted by Crippen LogP contribution is 2.31. The minimum Gasteiger partial charge on any atom is -0.496 e. The summed E-state index contributed by atoms with van der Waals surface area (Å²) in [5.41, 5.74) is 0.713. The molecule has 0 spiro atoms. The highest BCUT2D eigenvalue weighted by atomic mass is 79.9. The van der Waals surface area contributed by atoms with Crippen molar-refractivity contribution in [1.82, 2.24) is 4.31 Å². The van der Waals surface area contributed by atoms with Gasteiger partial charge in [-0.2, -0.15) is 4.31 Å². The molecule has 0 radical (unpaired) electrons. The fraction of sp³-hybridized carbons (Fsp3) is 0.250. The summed E-state index contributed by atoms with van der Waals surface area (Å²) in [6, 6.07) is 9.95. The third kappa shape index (κ3) is 3.73. The summed E-state index contributed by atoms with van der Waals surface area (Å²) in [5.74, 6) is 0.198. The Morgan fingerprint density at radius 1 is 1.17 bits per heavy atom. The second kappa shape index (κ2) is 6.98. The molecule has 7 heteroatoms. The molecule has 23 heavy (non-hydrogen) atoms. The number of sulfonamides is 1. The second-order valence-corrected chi connectivity index (χ2v) is 7.90. The molecule has 2 rings (SSSR count). The highest BCUT2D eigenvalue weighted by Gasteiger charge is 2.27. The summed E-state index contributed by atoms with van der Waals surface area (Å²) in [6.07, 6.45) is 0. The Labute approximate surface area is 144 Å². The molecule has 1 atom stereocenters. The quantitative estimate of drug-likeness (QED) is 0.760.